The maximum atomic E-state index is 12.2. The van der Waals surface area contributed by atoms with E-state index in [1.165, 1.54) is 25.7 Å². The topological polar surface area (TPSA) is 78.9 Å². The highest BCUT2D eigenvalue weighted by Crippen LogP contribution is 2.41. The summed E-state index contributed by atoms with van der Waals surface area (Å²) in [7, 11) is 0. The Balaban J connectivity index is 1.51. The molecule has 2 atom stereocenters. The fourth-order valence-electron chi connectivity index (χ4n) is 4.16. The number of carboxylic acids is 1. The third kappa shape index (κ3) is 3.13. The second-order valence-electron chi connectivity index (χ2n) is 7.10. The molecule has 0 unspecified atom stereocenters. The Morgan fingerprint density at radius 1 is 1.23 bits per heavy atom. The monoisotopic (exact) mass is 310 g/mol. The van der Waals surface area contributed by atoms with Gasteiger partial charge < -0.3 is 15.2 Å². The van der Waals surface area contributed by atoms with Gasteiger partial charge in [-0.1, -0.05) is 25.7 Å². The number of amides is 1. The van der Waals surface area contributed by atoms with E-state index >= 15 is 0 Å². The number of carbonyl (C=O) groups excluding carboxylic acids is 1. The molecule has 6 nitrogen and oxygen atoms in total. The van der Waals surface area contributed by atoms with E-state index in [2.05, 4.69) is 5.32 Å². The van der Waals surface area contributed by atoms with Crippen LogP contribution in [0.25, 0.3) is 0 Å². The number of fused-ring (bicyclic) bond motifs is 1. The van der Waals surface area contributed by atoms with E-state index in [0.29, 0.717) is 32.3 Å². The first-order valence-corrected chi connectivity index (χ1v) is 8.43. The molecule has 1 saturated carbocycles. The lowest BCUT2D eigenvalue weighted by Gasteiger charge is -2.22. The molecule has 124 valence electrons. The molecule has 0 bridgehead atoms. The van der Waals surface area contributed by atoms with Crippen LogP contribution in [0.4, 0.5) is 0 Å². The highest BCUT2D eigenvalue weighted by Gasteiger charge is 2.56. The minimum Gasteiger partial charge on any atom is -0.481 e. The molecular formula is C16H26N2O4. The van der Waals surface area contributed by atoms with Crippen LogP contribution >= 0.6 is 0 Å². The highest BCUT2D eigenvalue weighted by molar-refractivity contribution is 5.79. The number of carboxylic acid groups (broad SMARTS) is 1. The second kappa shape index (κ2) is 6.54. The van der Waals surface area contributed by atoms with Gasteiger partial charge >= 0.3 is 5.97 Å². The van der Waals surface area contributed by atoms with Crippen LogP contribution in [-0.2, 0) is 14.3 Å². The number of likely N-dealkylation sites (tertiary alicyclic amines) is 1. The summed E-state index contributed by atoms with van der Waals surface area (Å²) in [6.45, 7) is 2.14. The molecule has 0 radical (unpaired) electrons. The molecule has 2 N–H and O–H groups in total. The van der Waals surface area contributed by atoms with Crippen LogP contribution < -0.4 is 5.32 Å². The summed E-state index contributed by atoms with van der Waals surface area (Å²) in [5.74, 6) is -0.745. The molecule has 6 heteroatoms. The number of hydrogen-bond donors (Lipinski definition) is 2. The Kier molecular flexibility index (Phi) is 4.68. The van der Waals surface area contributed by atoms with Crippen molar-refractivity contribution >= 4 is 11.9 Å². The predicted molar refractivity (Wildman–Crippen MR) is 80.5 cm³/mol. The van der Waals surface area contributed by atoms with E-state index in [1.807, 2.05) is 4.90 Å². The molecule has 3 rings (SSSR count). The van der Waals surface area contributed by atoms with Gasteiger partial charge in [0.2, 0.25) is 5.91 Å². The van der Waals surface area contributed by atoms with E-state index in [1.54, 1.807) is 0 Å². The molecule has 22 heavy (non-hydrogen) atoms. The molecule has 2 heterocycles. The van der Waals surface area contributed by atoms with E-state index in [9.17, 15) is 14.7 Å². The lowest BCUT2D eigenvalue weighted by molar-refractivity contribution is -0.149. The summed E-state index contributed by atoms with van der Waals surface area (Å²) in [6.07, 6.45) is 7.05. The van der Waals surface area contributed by atoms with Gasteiger partial charge in [-0.3, -0.25) is 14.5 Å². The average molecular weight is 310 g/mol. The highest BCUT2D eigenvalue weighted by atomic mass is 16.5. The number of carbonyl (C=O) groups is 2. The normalized spacial score (nSPS) is 33.4. The first-order valence-electron chi connectivity index (χ1n) is 8.43. The van der Waals surface area contributed by atoms with Crippen molar-refractivity contribution in [2.45, 2.75) is 44.6 Å². The Morgan fingerprint density at radius 3 is 2.59 bits per heavy atom. The molecule has 3 aliphatic rings. The minimum atomic E-state index is -0.803. The fourth-order valence-corrected chi connectivity index (χ4v) is 4.16. The Labute approximate surface area is 131 Å². The van der Waals surface area contributed by atoms with Crippen molar-refractivity contribution in [2.75, 3.05) is 32.8 Å². The lowest BCUT2D eigenvalue weighted by atomic mass is 9.81. The fraction of sp³-hybridized carbons (Fsp3) is 0.875. The zero-order valence-electron chi connectivity index (χ0n) is 13.1. The maximum absolute atomic E-state index is 12.2. The molecular weight excluding hydrogens is 284 g/mol. The van der Waals surface area contributed by atoms with Gasteiger partial charge in [0.05, 0.1) is 19.8 Å². The number of rotatable bonds is 4. The third-order valence-electron chi connectivity index (χ3n) is 5.46. The SMILES string of the molecule is O=C(CN1C[C@@H]2COC[C@]2(C(=O)O)C1)NC1CCCCCC1. The zero-order valence-corrected chi connectivity index (χ0v) is 13.1. The number of hydrogen-bond acceptors (Lipinski definition) is 4. The summed E-state index contributed by atoms with van der Waals surface area (Å²) >= 11 is 0. The van der Waals surface area contributed by atoms with Gasteiger partial charge in [-0.05, 0) is 12.8 Å². The van der Waals surface area contributed by atoms with Crippen LogP contribution in [0.15, 0.2) is 0 Å². The van der Waals surface area contributed by atoms with E-state index in [-0.39, 0.29) is 18.4 Å². The maximum Gasteiger partial charge on any atom is 0.313 e. The molecule has 0 aromatic carbocycles. The minimum absolute atomic E-state index is 0.00989. The second-order valence-corrected chi connectivity index (χ2v) is 7.10. The summed E-state index contributed by atoms with van der Waals surface area (Å²) in [4.78, 5) is 25.8. The van der Waals surface area contributed by atoms with Crippen LogP contribution in [0.3, 0.4) is 0 Å². The van der Waals surface area contributed by atoms with Gasteiger partial charge in [-0.2, -0.15) is 0 Å². The van der Waals surface area contributed by atoms with Gasteiger partial charge in [0.1, 0.15) is 5.41 Å². The Morgan fingerprint density at radius 2 is 1.95 bits per heavy atom. The van der Waals surface area contributed by atoms with Crippen molar-refractivity contribution in [1.82, 2.24) is 10.2 Å². The first-order chi connectivity index (χ1) is 10.6. The summed E-state index contributed by atoms with van der Waals surface area (Å²) in [5, 5.41) is 12.6. The van der Waals surface area contributed by atoms with Gasteiger partial charge in [0.25, 0.3) is 0 Å². The number of aliphatic carboxylic acids is 1. The smallest absolute Gasteiger partial charge is 0.313 e. The van der Waals surface area contributed by atoms with Crippen LogP contribution in [0.2, 0.25) is 0 Å². The van der Waals surface area contributed by atoms with Gasteiger partial charge in [0.15, 0.2) is 0 Å². The summed E-state index contributed by atoms with van der Waals surface area (Å²) in [5.41, 5.74) is -0.803. The molecule has 1 aliphatic carbocycles. The molecule has 2 aliphatic heterocycles. The predicted octanol–water partition coefficient (Wildman–Crippen LogP) is 0.858. The van der Waals surface area contributed by atoms with Crippen molar-refractivity contribution in [3.05, 3.63) is 0 Å². The Bertz CT molecular complexity index is 434. The van der Waals surface area contributed by atoms with Crippen molar-refractivity contribution < 1.29 is 19.4 Å². The zero-order chi connectivity index (χ0) is 15.6. The van der Waals surface area contributed by atoms with Gasteiger partial charge in [0, 0.05) is 25.0 Å². The van der Waals surface area contributed by atoms with Crippen LogP contribution in [0.5, 0.6) is 0 Å². The van der Waals surface area contributed by atoms with Crippen LogP contribution in [-0.4, -0.2) is 60.8 Å². The average Bonchev–Trinajstić information content (AvgIpc) is 2.88. The molecule has 0 spiro atoms. The van der Waals surface area contributed by atoms with E-state index in [0.717, 1.165) is 12.8 Å². The Hall–Kier alpha value is -1.14. The molecule has 0 aromatic heterocycles. The number of nitrogens with zero attached hydrogens (tertiary/aromatic N) is 1. The quantitative estimate of drug-likeness (QED) is 0.753. The third-order valence-corrected chi connectivity index (χ3v) is 5.46. The van der Waals surface area contributed by atoms with Crippen LogP contribution in [0.1, 0.15) is 38.5 Å². The van der Waals surface area contributed by atoms with E-state index in [4.69, 9.17) is 4.74 Å². The number of nitrogens with one attached hydrogen (secondary N) is 1. The van der Waals surface area contributed by atoms with Gasteiger partial charge in [-0.25, -0.2) is 0 Å². The molecule has 2 saturated heterocycles. The molecule has 0 aromatic rings. The summed E-state index contributed by atoms with van der Waals surface area (Å²) in [6, 6.07) is 0.300. The van der Waals surface area contributed by atoms with Crippen molar-refractivity contribution in [1.29, 1.82) is 0 Å². The van der Waals surface area contributed by atoms with E-state index < -0.39 is 11.4 Å². The van der Waals surface area contributed by atoms with Crippen LogP contribution in [0, 0.1) is 11.3 Å². The molecule has 1 amide bonds. The summed E-state index contributed by atoms with van der Waals surface area (Å²) < 4.78 is 5.36. The van der Waals surface area contributed by atoms with Crippen molar-refractivity contribution in [3.63, 3.8) is 0 Å². The standard InChI is InChI=1S/C16H26N2O4/c19-14(17-13-5-3-1-2-4-6-13)8-18-7-12-9-22-11-16(12,10-18)15(20)21/h12-13H,1-11H2,(H,17,19)(H,20,21)/t12-,16-/m1/s1. The molecule has 3 fully saturated rings. The largest absolute Gasteiger partial charge is 0.481 e. The lowest BCUT2D eigenvalue weighted by Crippen LogP contribution is -2.43. The van der Waals surface area contributed by atoms with Crippen molar-refractivity contribution in [3.8, 4) is 0 Å². The van der Waals surface area contributed by atoms with Gasteiger partial charge in [-0.15, -0.1) is 0 Å². The number of ether oxygens (including phenoxy) is 1. The van der Waals surface area contributed by atoms with Crippen molar-refractivity contribution in [2.24, 2.45) is 11.3 Å². The first kappa shape index (κ1) is 15.7.